The van der Waals surface area contributed by atoms with Crippen LogP contribution in [0.15, 0.2) is 48.5 Å². The molecule has 2 aliphatic rings. The van der Waals surface area contributed by atoms with Gasteiger partial charge in [-0.05, 0) is 55.2 Å². The van der Waals surface area contributed by atoms with Crippen molar-refractivity contribution < 1.29 is 22.8 Å². The first-order chi connectivity index (χ1) is 16.2. The molecule has 0 bridgehead atoms. The van der Waals surface area contributed by atoms with Crippen LogP contribution in [0.25, 0.3) is 0 Å². The molecule has 0 spiro atoms. The van der Waals surface area contributed by atoms with Crippen molar-refractivity contribution in [2.24, 2.45) is 5.92 Å². The van der Waals surface area contributed by atoms with E-state index in [-0.39, 0.29) is 36.5 Å². The Balaban J connectivity index is 1.45. The summed E-state index contributed by atoms with van der Waals surface area (Å²) in [5.74, 6) is -0.521. The standard InChI is InChI=1S/C25H27ClF3N3O2/c26-18-9-11-19(12-10-18)30-23(33)22(17-5-1-2-6-17)31-13-15-32(16-14-31)24(34)20-7-3-4-8-21(20)25(27,28)29/h3-4,7-12,17,22H,1-2,5-6,13-16H2,(H,30,33)/t22-/m0/s1. The SMILES string of the molecule is O=C(Nc1ccc(Cl)cc1)[C@H](C1CCCC1)N1CCN(C(=O)c2ccccc2C(F)(F)F)CC1. The van der Waals surface area contributed by atoms with Crippen LogP contribution >= 0.6 is 11.6 Å². The van der Waals surface area contributed by atoms with Crippen molar-refractivity contribution >= 4 is 29.1 Å². The predicted octanol–water partition coefficient (Wildman–Crippen LogP) is 5.31. The minimum atomic E-state index is -4.60. The smallest absolute Gasteiger partial charge is 0.336 e. The van der Waals surface area contributed by atoms with Crippen molar-refractivity contribution in [3.8, 4) is 0 Å². The zero-order valence-electron chi connectivity index (χ0n) is 18.7. The van der Waals surface area contributed by atoms with Crippen LogP contribution in [-0.4, -0.2) is 53.8 Å². The molecule has 34 heavy (non-hydrogen) atoms. The second-order valence-electron chi connectivity index (χ2n) is 8.86. The number of hydrogen-bond donors (Lipinski definition) is 1. The van der Waals surface area contributed by atoms with Gasteiger partial charge in [0.15, 0.2) is 0 Å². The Hall–Kier alpha value is -2.58. The average molecular weight is 494 g/mol. The zero-order valence-corrected chi connectivity index (χ0v) is 19.4. The van der Waals surface area contributed by atoms with Crippen LogP contribution in [0, 0.1) is 5.92 Å². The van der Waals surface area contributed by atoms with E-state index in [1.807, 2.05) is 0 Å². The number of nitrogens with zero attached hydrogens (tertiary/aromatic N) is 2. The van der Waals surface area contributed by atoms with Crippen LogP contribution in [0.5, 0.6) is 0 Å². The van der Waals surface area contributed by atoms with E-state index in [1.165, 1.54) is 23.1 Å². The molecular weight excluding hydrogens is 467 g/mol. The number of rotatable bonds is 5. The number of carbonyl (C=O) groups is 2. The minimum absolute atomic E-state index is 0.101. The molecule has 0 radical (unpaired) electrons. The molecule has 0 aromatic heterocycles. The van der Waals surface area contributed by atoms with Gasteiger partial charge < -0.3 is 10.2 Å². The summed E-state index contributed by atoms with van der Waals surface area (Å²) in [5.41, 5.74) is -0.597. The number of halogens is 4. The number of carbonyl (C=O) groups excluding carboxylic acids is 2. The molecule has 1 atom stereocenters. The molecule has 1 heterocycles. The van der Waals surface area contributed by atoms with Crippen molar-refractivity contribution in [2.45, 2.75) is 37.9 Å². The van der Waals surface area contributed by atoms with Gasteiger partial charge in [-0.1, -0.05) is 36.6 Å². The normalized spacial score (nSPS) is 18.6. The third-order valence-corrected chi connectivity index (χ3v) is 6.94. The summed E-state index contributed by atoms with van der Waals surface area (Å²) in [5, 5.41) is 3.56. The third-order valence-electron chi connectivity index (χ3n) is 6.68. The van der Waals surface area contributed by atoms with E-state index in [9.17, 15) is 22.8 Å². The van der Waals surface area contributed by atoms with Crippen LogP contribution in [0.3, 0.4) is 0 Å². The molecular formula is C25H27ClF3N3O2. The predicted molar refractivity (Wildman–Crippen MR) is 125 cm³/mol. The average Bonchev–Trinajstić information content (AvgIpc) is 3.34. The Kier molecular flexibility index (Phi) is 7.48. The molecule has 9 heteroatoms. The van der Waals surface area contributed by atoms with Crippen molar-refractivity contribution in [1.29, 1.82) is 0 Å². The van der Waals surface area contributed by atoms with Crippen LogP contribution in [0.4, 0.5) is 18.9 Å². The molecule has 1 aliphatic carbocycles. The van der Waals surface area contributed by atoms with Crippen molar-refractivity contribution in [3.05, 3.63) is 64.7 Å². The number of amides is 2. The fraction of sp³-hybridized carbons (Fsp3) is 0.440. The number of anilines is 1. The molecule has 0 unspecified atom stereocenters. The number of benzene rings is 2. The number of alkyl halides is 3. The first-order valence-corrected chi connectivity index (χ1v) is 11.9. The molecule has 182 valence electrons. The van der Waals surface area contributed by atoms with Gasteiger partial charge in [0.25, 0.3) is 5.91 Å². The van der Waals surface area contributed by atoms with Crippen LogP contribution in [0.1, 0.15) is 41.6 Å². The number of nitrogens with one attached hydrogen (secondary N) is 1. The van der Waals surface area contributed by atoms with Gasteiger partial charge >= 0.3 is 6.18 Å². The maximum Gasteiger partial charge on any atom is 0.417 e. The summed E-state index contributed by atoms with van der Waals surface area (Å²) in [4.78, 5) is 29.7. The summed E-state index contributed by atoms with van der Waals surface area (Å²) in [6, 6.07) is 11.5. The van der Waals surface area contributed by atoms with E-state index in [0.717, 1.165) is 31.7 Å². The lowest BCUT2D eigenvalue weighted by molar-refractivity contribution is -0.138. The molecule has 1 aliphatic heterocycles. The Labute approximate surface area is 201 Å². The highest BCUT2D eigenvalue weighted by Gasteiger charge is 2.39. The maximum atomic E-state index is 13.4. The monoisotopic (exact) mass is 493 g/mol. The van der Waals surface area contributed by atoms with Crippen molar-refractivity contribution in [3.63, 3.8) is 0 Å². The van der Waals surface area contributed by atoms with E-state index < -0.39 is 17.6 Å². The van der Waals surface area contributed by atoms with E-state index >= 15 is 0 Å². The second-order valence-corrected chi connectivity index (χ2v) is 9.29. The molecule has 1 N–H and O–H groups in total. The number of piperazine rings is 1. The summed E-state index contributed by atoms with van der Waals surface area (Å²) in [6.07, 6.45) is -0.543. The highest BCUT2D eigenvalue weighted by Crippen LogP contribution is 2.34. The second kappa shape index (κ2) is 10.4. The van der Waals surface area contributed by atoms with Gasteiger partial charge in [0.05, 0.1) is 17.2 Å². The quantitative estimate of drug-likeness (QED) is 0.614. The van der Waals surface area contributed by atoms with Gasteiger partial charge in [-0.3, -0.25) is 14.5 Å². The van der Waals surface area contributed by atoms with Crippen LogP contribution in [-0.2, 0) is 11.0 Å². The van der Waals surface area contributed by atoms with E-state index in [2.05, 4.69) is 10.2 Å². The van der Waals surface area contributed by atoms with Gasteiger partial charge in [0.2, 0.25) is 5.91 Å². The largest absolute Gasteiger partial charge is 0.417 e. The molecule has 5 nitrogen and oxygen atoms in total. The lowest BCUT2D eigenvalue weighted by Crippen LogP contribution is -2.57. The lowest BCUT2D eigenvalue weighted by atomic mass is 9.94. The highest BCUT2D eigenvalue weighted by atomic mass is 35.5. The summed E-state index contributed by atoms with van der Waals surface area (Å²) >= 11 is 5.94. The van der Waals surface area contributed by atoms with Gasteiger partial charge in [-0.15, -0.1) is 0 Å². The molecule has 2 aromatic rings. The minimum Gasteiger partial charge on any atom is -0.336 e. The Morgan fingerprint density at radius 2 is 1.56 bits per heavy atom. The van der Waals surface area contributed by atoms with Crippen LogP contribution in [0.2, 0.25) is 5.02 Å². The number of hydrogen-bond acceptors (Lipinski definition) is 3. The van der Waals surface area contributed by atoms with Crippen molar-refractivity contribution in [1.82, 2.24) is 9.80 Å². The zero-order chi connectivity index (χ0) is 24.3. The first kappa shape index (κ1) is 24.5. The molecule has 4 rings (SSSR count). The Bertz CT molecular complexity index is 1010. The molecule has 2 fully saturated rings. The van der Waals surface area contributed by atoms with Gasteiger partial charge in [0.1, 0.15) is 0 Å². The summed E-state index contributed by atoms with van der Waals surface area (Å²) in [6.45, 7) is 1.38. The highest BCUT2D eigenvalue weighted by molar-refractivity contribution is 6.30. The lowest BCUT2D eigenvalue weighted by Gasteiger charge is -2.41. The molecule has 2 aromatic carbocycles. The molecule has 1 saturated heterocycles. The summed E-state index contributed by atoms with van der Waals surface area (Å²) in [7, 11) is 0. The maximum absolute atomic E-state index is 13.4. The van der Waals surface area contributed by atoms with Gasteiger partial charge in [-0.2, -0.15) is 13.2 Å². The van der Waals surface area contributed by atoms with E-state index in [0.29, 0.717) is 23.8 Å². The third kappa shape index (κ3) is 5.55. The Morgan fingerprint density at radius 1 is 0.941 bits per heavy atom. The van der Waals surface area contributed by atoms with Gasteiger partial charge in [-0.25, -0.2) is 0 Å². The first-order valence-electron chi connectivity index (χ1n) is 11.5. The Morgan fingerprint density at radius 3 is 2.18 bits per heavy atom. The fourth-order valence-corrected chi connectivity index (χ4v) is 5.12. The van der Waals surface area contributed by atoms with E-state index in [1.54, 1.807) is 24.3 Å². The van der Waals surface area contributed by atoms with Gasteiger partial charge in [0, 0.05) is 36.9 Å². The summed E-state index contributed by atoms with van der Waals surface area (Å²) < 4.78 is 40.1. The molecule has 2 amide bonds. The van der Waals surface area contributed by atoms with Crippen LogP contribution < -0.4 is 5.32 Å². The van der Waals surface area contributed by atoms with Crippen molar-refractivity contribution in [2.75, 3.05) is 31.5 Å². The topological polar surface area (TPSA) is 52.7 Å². The fourth-order valence-electron chi connectivity index (χ4n) is 4.99. The molecule has 1 saturated carbocycles. The van der Waals surface area contributed by atoms with E-state index in [4.69, 9.17) is 11.6 Å².